The molecule has 0 aliphatic carbocycles. The maximum absolute atomic E-state index is 5.75. The van der Waals surface area contributed by atoms with Crippen LogP contribution in [-0.2, 0) is 6.54 Å². The van der Waals surface area contributed by atoms with E-state index in [4.69, 9.17) is 5.73 Å². The highest BCUT2D eigenvalue weighted by atomic mass is 15.3. The third kappa shape index (κ3) is 2.27. The van der Waals surface area contributed by atoms with Crippen molar-refractivity contribution >= 4 is 5.95 Å². The van der Waals surface area contributed by atoms with Crippen LogP contribution in [0, 0.1) is 5.92 Å². The molecule has 1 aromatic rings. The minimum absolute atomic E-state index is 0.614. The first kappa shape index (κ1) is 11.2. The highest BCUT2D eigenvalue weighted by Crippen LogP contribution is 2.21. The number of nitrogens with zero attached hydrogens (tertiary/aromatic N) is 3. The minimum atomic E-state index is 0.614. The van der Waals surface area contributed by atoms with E-state index >= 15 is 0 Å². The molecule has 1 aromatic heterocycles. The van der Waals surface area contributed by atoms with E-state index in [1.54, 1.807) is 0 Å². The van der Waals surface area contributed by atoms with Crippen LogP contribution >= 0.6 is 0 Å². The maximum atomic E-state index is 5.75. The lowest BCUT2D eigenvalue weighted by atomic mass is 9.99. The predicted octanol–water partition coefficient (Wildman–Crippen LogP) is 1.24. The fraction of sp³-hybridized carbons (Fsp3) is 0.583. The summed E-state index contributed by atoms with van der Waals surface area (Å²) in [6, 6.07) is 0. The van der Waals surface area contributed by atoms with Crippen LogP contribution in [0.25, 0.3) is 0 Å². The molecule has 2 N–H and O–H groups in total. The normalized spacial score (nSPS) is 21.1. The second kappa shape index (κ2) is 5.16. The molecule has 0 aromatic carbocycles. The van der Waals surface area contributed by atoms with Crippen LogP contribution in [0.15, 0.2) is 25.0 Å². The standard InChI is InChI=1S/C12H20N4/c1-2-6-15-8-5-14-12(15)16-7-3-4-11(9-13)10-16/h2,5,8,11H,1,3-4,6-7,9-10,13H2. The second-order valence-electron chi connectivity index (χ2n) is 4.36. The molecule has 2 rings (SSSR count). The summed E-state index contributed by atoms with van der Waals surface area (Å²) in [4.78, 5) is 6.77. The SMILES string of the molecule is C=CCn1ccnc1N1CCCC(CN)C1. The summed E-state index contributed by atoms with van der Waals surface area (Å²) in [5.41, 5.74) is 5.75. The predicted molar refractivity (Wildman–Crippen MR) is 66.4 cm³/mol. The van der Waals surface area contributed by atoms with Gasteiger partial charge in [0.2, 0.25) is 5.95 Å². The Bertz CT molecular complexity index is 345. The molecular weight excluding hydrogens is 200 g/mol. The van der Waals surface area contributed by atoms with Crippen molar-refractivity contribution < 1.29 is 0 Å². The molecule has 0 bridgehead atoms. The average molecular weight is 220 g/mol. The molecule has 4 heteroatoms. The number of anilines is 1. The van der Waals surface area contributed by atoms with Gasteiger partial charge in [0.15, 0.2) is 0 Å². The molecule has 1 aliphatic heterocycles. The van der Waals surface area contributed by atoms with E-state index < -0.39 is 0 Å². The van der Waals surface area contributed by atoms with Crippen LogP contribution in [0.4, 0.5) is 5.95 Å². The molecule has 0 amide bonds. The van der Waals surface area contributed by atoms with Gasteiger partial charge in [0.1, 0.15) is 0 Å². The van der Waals surface area contributed by atoms with Crippen molar-refractivity contribution in [3.05, 3.63) is 25.0 Å². The van der Waals surface area contributed by atoms with Gasteiger partial charge in [-0.3, -0.25) is 0 Å². The number of imidazole rings is 1. The van der Waals surface area contributed by atoms with Gasteiger partial charge in [0, 0.05) is 32.0 Å². The Morgan fingerprint density at radius 3 is 3.25 bits per heavy atom. The smallest absolute Gasteiger partial charge is 0.205 e. The highest BCUT2D eigenvalue weighted by molar-refractivity contribution is 5.32. The van der Waals surface area contributed by atoms with Gasteiger partial charge in [-0.2, -0.15) is 0 Å². The zero-order valence-corrected chi connectivity index (χ0v) is 9.68. The van der Waals surface area contributed by atoms with Gasteiger partial charge in [-0.1, -0.05) is 6.08 Å². The molecule has 0 saturated carbocycles. The van der Waals surface area contributed by atoms with Crippen molar-refractivity contribution in [2.45, 2.75) is 19.4 Å². The zero-order valence-electron chi connectivity index (χ0n) is 9.68. The fourth-order valence-corrected chi connectivity index (χ4v) is 2.31. The molecule has 0 spiro atoms. The van der Waals surface area contributed by atoms with Gasteiger partial charge in [-0.05, 0) is 25.3 Å². The fourth-order valence-electron chi connectivity index (χ4n) is 2.31. The summed E-state index contributed by atoms with van der Waals surface area (Å²) in [6.45, 7) is 7.48. The Balaban J connectivity index is 2.10. The summed E-state index contributed by atoms with van der Waals surface area (Å²) < 4.78 is 2.13. The molecule has 2 heterocycles. The maximum Gasteiger partial charge on any atom is 0.205 e. The summed E-state index contributed by atoms with van der Waals surface area (Å²) in [5, 5.41) is 0. The van der Waals surface area contributed by atoms with E-state index in [9.17, 15) is 0 Å². The largest absolute Gasteiger partial charge is 0.342 e. The van der Waals surface area contributed by atoms with E-state index in [1.165, 1.54) is 12.8 Å². The highest BCUT2D eigenvalue weighted by Gasteiger charge is 2.21. The van der Waals surface area contributed by atoms with E-state index in [0.29, 0.717) is 5.92 Å². The molecule has 0 radical (unpaired) electrons. The van der Waals surface area contributed by atoms with Crippen LogP contribution in [0.5, 0.6) is 0 Å². The van der Waals surface area contributed by atoms with E-state index in [2.05, 4.69) is 21.0 Å². The lowest BCUT2D eigenvalue weighted by Crippen LogP contribution is -2.39. The van der Waals surface area contributed by atoms with Crippen molar-refractivity contribution in [3.8, 4) is 0 Å². The average Bonchev–Trinajstić information content (AvgIpc) is 2.78. The molecule has 1 unspecified atom stereocenters. The van der Waals surface area contributed by atoms with Gasteiger partial charge in [0.05, 0.1) is 0 Å². The first-order valence-corrected chi connectivity index (χ1v) is 5.92. The van der Waals surface area contributed by atoms with Gasteiger partial charge in [-0.25, -0.2) is 4.98 Å². The van der Waals surface area contributed by atoms with E-state index in [-0.39, 0.29) is 0 Å². The first-order valence-electron chi connectivity index (χ1n) is 5.92. The Labute approximate surface area is 96.8 Å². The lowest BCUT2D eigenvalue weighted by Gasteiger charge is -2.33. The molecule has 4 nitrogen and oxygen atoms in total. The topological polar surface area (TPSA) is 47.1 Å². The second-order valence-corrected chi connectivity index (χ2v) is 4.36. The number of nitrogens with two attached hydrogens (primary N) is 1. The van der Waals surface area contributed by atoms with Crippen molar-refractivity contribution in [1.82, 2.24) is 9.55 Å². The zero-order chi connectivity index (χ0) is 11.4. The van der Waals surface area contributed by atoms with Gasteiger partial charge >= 0.3 is 0 Å². The Hall–Kier alpha value is -1.29. The summed E-state index contributed by atoms with van der Waals surface area (Å²) in [7, 11) is 0. The number of rotatable bonds is 4. The minimum Gasteiger partial charge on any atom is -0.342 e. The lowest BCUT2D eigenvalue weighted by molar-refractivity contribution is 0.417. The number of hydrogen-bond donors (Lipinski definition) is 1. The Morgan fingerprint density at radius 1 is 1.62 bits per heavy atom. The molecule has 16 heavy (non-hydrogen) atoms. The number of piperidine rings is 1. The first-order chi connectivity index (χ1) is 7.85. The van der Waals surface area contributed by atoms with Crippen molar-refractivity contribution in [2.24, 2.45) is 11.7 Å². The van der Waals surface area contributed by atoms with Crippen LogP contribution in [-0.4, -0.2) is 29.2 Å². The van der Waals surface area contributed by atoms with Gasteiger partial charge in [-0.15, -0.1) is 6.58 Å². The Morgan fingerprint density at radius 2 is 2.50 bits per heavy atom. The third-order valence-electron chi connectivity index (χ3n) is 3.15. The van der Waals surface area contributed by atoms with Gasteiger partial charge < -0.3 is 15.2 Å². The quantitative estimate of drug-likeness (QED) is 0.777. The molecular formula is C12H20N4. The molecule has 1 saturated heterocycles. The van der Waals surface area contributed by atoms with Crippen molar-refractivity contribution in [3.63, 3.8) is 0 Å². The van der Waals surface area contributed by atoms with Crippen LogP contribution in [0.3, 0.4) is 0 Å². The summed E-state index contributed by atoms with van der Waals surface area (Å²) in [5.74, 6) is 1.67. The van der Waals surface area contributed by atoms with Crippen molar-refractivity contribution in [1.29, 1.82) is 0 Å². The molecule has 88 valence electrons. The summed E-state index contributed by atoms with van der Waals surface area (Å²) >= 11 is 0. The number of allylic oxidation sites excluding steroid dienone is 1. The monoisotopic (exact) mass is 220 g/mol. The third-order valence-corrected chi connectivity index (χ3v) is 3.15. The molecule has 1 atom stereocenters. The van der Waals surface area contributed by atoms with E-state index in [0.717, 1.165) is 32.1 Å². The Kier molecular flexibility index (Phi) is 3.62. The van der Waals surface area contributed by atoms with Crippen molar-refractivity contribution in [2.75, 3.05) is 24.5 Å². The van der Waals surface area contributed by atoms with Crippen LogP contribution in [0.1, 0.15) is 12.8 Å². The molecule has 1 aliphatic rings. The number of aromatic nitrogens is 2. The van der Waals surface area contributed by atoms with Crippen LogP contribution in [0.2, 0.25) is 0 Å². The molecule has 1 fully saturated rings. The number of hydrogen-bond acceptors (Lipinski definition) is 3. The van der Waals surface area contributed by atoms with Crippen LogP contribution < -0.4 is 10.6 Å². The van der Waals surface area contributed by atoms with Gasteiger partial charge in [0.25, 0.3) is 0 Å². The summed E-state index contributed by atoms with van der Waals surface area (Å²) in [6.07, 6.45) is 8.21. The van der Waals surface area contributed by atoms with E-state index in [1.807, 2.05) is 18.5 Å².